The fourth-order valence-electron chi connectivity index (χ4n) is 10.0. The molecule has 0 aromatic carbocycles. The third-order valence-electron chi connectivity index (χ3n) is 12.4. The minimum absolute atomic E-state index is 0. The SMILES string of the molecule is CCN(CC)CCN(C)C(C)(C)CC(C)(C)C(OC(=O)CCCCCCC/C=C/C(C)(C)CC(C)(C)C)C(C[C-](C)C)OC(=O)CCCCCCC/C=C/C(C)(C)CC(C)(C)C.[CH3-].[W+2]. The van der Waals surface area contributed by atoms with Gasteiger partial charge in [-0.25, -0.2) is 0 Å². The van der Waals surface area contributed by atoms with Gasteiger partial charge in [0.2, 0.25) is 0 Å². The molecule has 0 saturated carbocycles. The number of nitrogens with zero attached hydrogens (tertiary/aromatic N) is 2. The molecule has 0 heterocycles. The summed E-state index contributed by atoms with van der Waals surface area (Å²) in [6.45, 7) is 44.8. The molecule has 0 radical (unpaired) electrons. The maximum atomic E-state index is 13.7. The predicted octanol–water partition coefficient (Wildman–Crippen LogP) is 16.2. The van der Waals surface area contributed by atoms with E-state index in [9.17, 15) is 9.59 Å². The van der Waals surface area contributed by atoms with E-state index in [0.29, 0.717) is 30.1 Å². The van der Waals surface area contributed by atoms with Crippen LogP contribution in [-0.4, -0.2) is 72.7 Å². The first-order valence-corrected chi connectivity index (χ1v) is 25.4. The second kappa shape index (κ2) is 32.7. The van der Waals surface area contributed by atoms with Gasteiger partial charge in [0.25, 0.3) is 0 Å². The van der Waals surface area contributed by atoms with Crippen LogP contribution in [0.3, 0.4) is 0 Å². The quantitative estimate of drug-likeness (QED) is 0.0277. The molecule has 0 saturated heterocycles. The van der Waals surface area contributed by atoms with Crippen LogP contribution >= 0.6 is 0 Å². The standard InChI is InChI=1S/C56H107N2O4.CH3.W/c1-20-58(21-2)41-40-57(19)56(17,18)45-55(15,16)50(62-49(60)37-33-29-25-23-27-31-35-39-54(13,14)44-52(8,9)10)47(42-46(3)4)61-48(59)36-32-28-24-22-26-30-34-38-53(11,12)43-51(5,6)7;;/h34-35,38-39,47,50H,20-33,36-37,40-45H2,1-19H3;1H3;/q2*-1;+2/b38-34+,39-35+;;. The van der Waals surface area contributed by atoms with Gasteiger partial charge < -0.3 is 27.7 Å². The average Bonchev–Trinajstić information content (AvgIpc) is 3.09. The van der Waals surface area contributed by atoms with Crippen molar-refractivity contribution in [2.24, 2.45) is 27.1 Å². The van der Waals surface area contributed by atoms with E-state index in [4.69, 9.17) is 9.47 Å². The molecule has 7 heteroatoms. The number of ether oxygens (including phenoxy) is 2. The van der Waals surface area contributed by atoms with Crippen molar-refractivity contribution in [3.05, 3.63) is 37.6 Å². The van der Waals surface area contributed by atoms with Gasteiger partial charge >= 0.3 is 33.0 Å². The molecule has 0 aromatic heterocycles. The van der Waals surface area contributed by atoms with E-state index in [2.05, 4.69) is 166 Å². The molecule has 0 aliphatic rings. The Morgan fingerprint density at radius 2 is 0.969 bits per heavy atom. The minimum Gasteiger partial charge on any atom is -0.461 e. The first kappa shape index (κ1) is 67.3. The zero-order valence-corrected chi connectivity index (χ0v) is 49.4. The van der Waals surface area contributed by atoms with Gasteiger partial charge in [0.1, 0.15) is 12.2 Å². The third kappa shape index (κ3) is 34.3. The average molecular weight is 1070 g/mol. The normalized spacial score (nSPS) is 14.3. The van der Waals surface area contributed by atoms with Gasteiger partial charge in [0, 0.05) is 36.9 Å². The molecular formula is C57H110N2O4W. The number of hydrogen-bond acceptors (Lipinski definition) is 6. The van der Waals surface area contributed by atoms with E-state index < -0.39 is 17.6 Å². The molecule has 0 amide bonds. The van der Waals surface area contributed by atoms with Gasteiger partial charge in [-0.3, -0.25) is 14.5 Å². The maximum absolute atomic E-state index is 13.7. The van der Waals surface area contributed by atoms with Crippen molar-refractivity contribution in [2.75, 3.05) is 33.2 Å². The molecule has 2 atom stereocenters. The number of unbranched alkanes of at least 4 members (excludes halogenated alkanes) is 10. The fraction of sp³-hybridized carbons (Fsp3) is 0.860. The maximum Gasteiger partial charge on any atom is 2.00 e. The van der Waals surface area contributed by atoms with E-state index in [1.54, 1.807) is 0 Å². The predicted molar refractivity (Wildman–Crippen MR) is 277 cm³/mol. The number of likely N-dealkylation sites (N-methyl/N-ethyl adjacent to an activating group) is 2. The van der Waals surface area contributed by atoms with Crippen LogP contribution in [0.2, 0.25) is 0 Å². The van der Waals surface area contributed by atoms with Crippen molar-refractivity contribution in [1.29, 1.82) is 0 Å². The first-order chi connectivity index (χ1) is 28.4. The van der Waals surface area contributed by atoms with Crippen molar-refractivity contribution in [3.63, 3.8) is 0 Å². The molecule has 0 rings (SSSR count). The Balaban J connectivity index is -0.0000186. The molecule has 0 fully saturated rings. The van der Waals surface area contributed by atoms with Gasteiger partial charge in [0.15, 0.2) is 0 Å². The molecule has 0 aromatic rings. The molecule has 6 nitrogen and oxygen atoms in total. The van der Waals surface area contributed by atoms with Crippen LogP contribution < -0.4 is 0 Å². The van der Waals surface area contributed by atoms with E-state index >= 15 is 0 Å². The summed E-state index contributed by atoms with van der Waals surface area (Å²) in [4.78, 5) is 32.2. The Morgan fingerprint density at radius 3 is 1.36 bits per heavy atom. The largest absolute Gasteiger partial charge is 2.00 e. The Morgan fingerprint density at radius 1 is 0.578 bits per heavy atom. The number of rotatable bonds is 34. The summed E-state index contributed by atoms with van der Waals surface area (Å²) >= 11 is 0. The summed E-state index contributed by atoms with van der Waals surface area (Å²) in [5.74, 6) is 0.807. The van der Waals surface area contributed by atoms with Crippen LogP contribution in [0, 0.1) is 40.4 Å². The second-order valence-electron chi connectivity index (χ2n) is 24.6. The smallest absolute Gasteiger partial charge is 0.461 e. The van der Waals surface area contributed by atoms with Crippen molar-refractivity contribution in [2.45, 2.75) is 258 Å². The summed E-state index contributed by atoms with van der Waals surface area (Å²) < 4.78 is 12.9. The van der Waals surface area contributed by atoms with Crippen LogP contribution in [0.5, 0.6) is 0 Å². The van der Waals surface area contributed by atoms with E-state index in [1.807, 2.05) is 0 Å². The van der Waals surface area contributed by atoms with E-state index in [0.717, 1.165) is 84.0 Å². The van der Waals surface area contributed by atoms with Crippen LogP contribution in [0.1, 0.15) is 240 Å². The summed E-state index contributed by atoms with van der Waals surface area (Å²) in [7, 11) is 2.21. The Hall–Kier alpha value is -0.972. The first-order valence-electron chi connectivity index (χ1n) is 25.4. The summed E-state index contributed by atoms with van der Waals surface area (Å²) in [5, 5.41) is 0. The van der Waals surface area contributed by atoms with Crippen LogP contribution in [-0.2, 0) is 40.1 Å². The Kier molecular flexibility index (Phi) is 34.4. The second-order valence-corrected chi connectivity index (χ2v) is 24.6. The third-order valence-corrected chi connectivity index (χ3v) is 12.4. The van der Waals surface area contributed by atoms with Crippen molar-refractivity contribution >= 4 is 11.9 Å². The molecule has 2 unspecified atom stereocenters. The van der Waals surface area contributed by atoms with Crippen LogP contribution in [0.4, 0.5) is 0 Å². The number of esters is 2. The molecule has 64 heavy (non-hydrogen) atoms. The van der Waals surface area contributed by atoms with E-state index in [-0.39, 0.29) is 56.8 Å². The number of allylic oxidation sites excluding steroid dienone is 4. The van der Waals surface area contributed by atoms with Gasteiger partial charge in [-0.1, -0.05) is 160 Å². The number of carbonyl (C=O) groups is 2. The van der Waals surface area contributed by atoms with Gasteiger partial charge in [0.05, 0.1) is 0 Å². The monoisotopic (exact) mass is 1070 g/mol. The fourth-order valence-corrected chi connectivity index (χ4v) is 10.0. The molecule has 0 bridgehead atoms. The van der Waals surface area contributed by atoms with Crippen molar-refractivity contribution < 1.29 is 40.1 Å². The number of carbonyl (C=O) groups excluding carboxylic acids is 2. The molecule has 0 aliphatic heterocycles. The van der Waals surface area contributed by atoms with Gasteiger partial charge in [-0.15, -0.1) is 6.42 Å². The van der Waals surface area contributed by atoms with E-state index in [1.165, 1.54) is 44.4 Å². The Labute approximate surface area is 415 Å². The van der Waals surface area contributed by atoms with Crippen molar-refractivity contribution in [1.82, 2.24) is 9.80 Å². The topological polar surface area (TPSA) is 59.1 Å². The van der Waals surface area contributed by atoms with Crippen molar-refractivity contribution in [3.8, 4) is 0 Å². The minimum atomic E-state index is -0.556. The number of hydrogen-bond donors (Lipinski definition) is 0. The summed E-state index contributed by atoms with van der Waals surface area (Å²) in [6, 6.07) is 0. The zero-order chi connectivity index (χ0) is 47.8. The molecule has 0 spiro atoms. The molecule has 378 valence electrons. The van der Waals surface area contributed by atoms with Gasteiger partial charge in [-0.05, 0) is 113 Å². The van der Waals surface area contributed by atoms with Gasteiger partial charge in [-0.2, -0.15) is 13.8 Å². The van der Waals surface area contributed by atoms with Crippen LogP contribution in [0.15, 0.2) is 24.3 Å². The zero-order valence-electron chi connectivity index (χ0n) is 46.5. The molecule has 0 aliphatic carbocycles. The summed E-state index contributed by atoms with van der Waals surface area (Å²) in [6.07, 6.45) is 25.7. The summed E-state index contributed by atoms with van der Waals surface area (Å²) in [5.41, 5.74) is 0.463. The molecule has 0 N–H and O–H groups in total. The molecular weight excluding hydrogens is 960 g/mol. The van der Waals surface area contributed by atoms with Crippen LogP contribution in [0.25, 0.3) is 0 Å². The Bertz CT molecular complexity index is 1260.